The van der Waals surface area contributed by atoms with Gasteiger partial charge in [0.05, 0.1) is 0 Å². The molecule has 0 radical (unpaired) electrons. The zero-order valence-corrected chi connectivity index (χ0v) is 23.0. The molecule has 0 aliphatic carbocycles. The molecule has 0 saturated heterocycles. The van der Waals surface area contributed by atoms with Gasteiger partial charge >= 0.3 is 0 Å². The molecule has 200 valence electrons. The summed E-state index contributed by atoms with van der Waals surface area (Å²) in [6, 6.07) is 12.0. The molecule has 4 nitrogen and oxygen atoms in total. The van der Waals surface area contributed by atoms with Crippen LogP contribution in [-0.4, -0.2) is 20.7 Å². The van der Waals surface area contributed by atoms with E-state index in [4.69, 9.17) is 0 Å². The van der Waals surface area contributed by atoms with Crippen LogP contribution in [0.25, 0.3) is 0 Å². The lowest BCUT2D eigenvalue weighted by molar-refractivity contribution is 0.101. The molecule has 0 saturated carbocycles. The molecule has 0 aromatic carbocycles. The minimum Gasteiger partial charge on any atom is -0.293 e. The largest absolute Gasteiger partial charge is 0.293 e. The number of aromatic nitrogens is 3. The molecule has 4 heteroatoms. The van der Waals surface area contributed by atoms with Gasteiger partial charge in [-0.2, -0.15) is 0 Å². The first kappa shape index (κ1) is 35.3. The number of nitrogens with zero attached hydrogens (tertiary/aromatic N) is 3. The number of ketones is 1. The molecule has 0 bridgehead atoms. The third kappa shape index (κ3) is 12.7. The Labute approximate surface area is 222 Å². The van der Waals surface area contributed by atoms with Crippen LogP contribution >= 0.6 is 0 Å². The van der Waals surface area contributed by atoms with Crippen molar-refractivity contribution in [2.75, 3.05) is 0 Å². The van der Waals surface area contributed by atoms with E-state index >= 15 is 0 Å². The van der Waals surface area contributed by atoms with E-state index in [0.29, 0.717) is 5.69 Å². The van der Waals surface area contributed by atoms with E-state index in [1.165, 1.54) is 18.1 Å². The Morgan fingerprint density at radius 2 is 1.08 bits per heavy atom. The summed E-state index contributed by atoms with van der Waals surface area (Å²) < 4.78 is 0. The molecule has 0 fully saturated rings. The highest BCUT2D eigenvalue weighted by Gasteiger charge is 2.14. The van der Waals surface area contributed by atoms with Crippen LogP contribution in [0.5, 0.6) is 0 Å². The van der Waals surface area contributed by atoms with Crippen LogP contribution < -0.4 is 0 Å². The van der Waals surface area contributed by atoms with Crippen molar-refractivity contribution < 1.29 is 4.79 Å². The van der Waals surface area contributed by atoms with E-state index in [9.17, 15) is 4.79 Å². The topological polar surface area (TPSA) is 55.7 Å². The second-order valence-electron chi connectivity index (χ2n) is 11.7. The molecule has 3 aromatic rings. The summed E-state index contributed by atoms with van der Waals surface area (Å²) in [4.78, 5) is 23.3. The van der Waals surface area contributed by atoms with Crippen molar-refractivity contribution in [1.82, 2.24) is 15.0 Å². The highest BCUT2D eigenvalue weighted by Crippen LogP contribution is 2.22. The number of carbonyl (C=O) groups excluding carboxylic acids is 1. The Balaban J connectivity index is 0. The van der Waals surface area contributed by atoms with E-state index < -0.39 is 0 Å². The zero-order chi connectivity index (χ0) is 26.2. The second-order valence-corrected chi connectivity index (χ2v) is 11.7. The highest BCUT2D eigenvalue weighted by atomic mass is 16.1. The van der Waals surface area contributed by atoms with E-state index in [2.05, 4.69) is 95.5 Å². The lowest BCUT2D eigenvalue weighted by Crippen LogP contribution is -2.12. The Morgan fingerprint density at radius 3 is 1.36 bits per heavy atom. The van der Waals surface area contributed by atoms with Crippen LogP contribution in [0.2, 0.25) is 0 Å². The van der Waals surface area contributed by atoms with Gasteiger partial charge < -0.3 is 0 Å². The molecule has 3 aromatic heterocycles. The number of Topliss-reactive ketones (excluding diaryl/α,β-unsaturated/α-hetero) is 1. The summed E-state index contributed by atoms with van der Waals surface area (Å²) in [6.45, 7) is 23.0. The van der Waals surface area contributed by atoms with Crippen molar-refractivity contribution in [3.05, 3.63) is 89.3 Å². The van der Waals surface area contributed by atoms with Crippen molar-refractivity contribution in [1.29, 1.82) is 0 Å². The number of carbonyl (C=O) groups is 1. The number of pyridine rings is 3. The van der Waals surface area contributed by atoms with Crippen molar-refractivity contribution in [2.45, 2.75) is 107 Å². The Morgan fingerprint density at radius 1 is 0.639 bits per heavy atom. The van der Waals surface area contributed by atoms with Gasteiger partial charge in [0.15, 0.2) is 5.78 Å². The molecule has 3 heterocycles. The molecule has 0 aliphatic rings. The Bertz CT molecular complexity index is 1000. The summed E-state index contributed by atoms with van der Waals surface area (Å²) in [6.07, 6.45) is 7.45. The maximum absolute atomic E-state index is 10.9. The average molecular weight is 494 g/mol. The summed E-state index contributed by atoms with van der Waals surface area (Å²) in [7, 11) is 0. The van der Waals surface area contributed by atoms with Crippen molar-refractivity contribution in [2.24, 2.45) is 0 Å². The first-order valence-electron chi connectivity index (χ1n) is 11.8. The average Bonchev–Trinajstić information content (AvgIpc) is 2.74. The maximum Gasteiger partial charge on any atom is 0.178 e. The van der Waals surface area contributed by atoms with Crippen LogP contribution in [0.3, 0.4) is 0 Å². The quantitative estimate of drug-likeness (QED) is 0.317. The molecule has 0 atom stereocenters. The molecular formula is C32H51N3O. The Kier molecular flexibility index (Phi) is 14.3. The number of rotatable bonds is 1. The first-order valence-corrected chi connectivity index (χ1v) is 11.8. The van der Waals surface area contributed by atoms with Crippen LogP contribution in [0, 0.1) is 6.92 Å². The number of hydrogen-bond donors (Lipinski definition) is 0. The van der Waals surface area contributed by atoms with Gasteiger partial charge in [-0.05, 0) is 58.1 Å². The minimum atomic E-state index is 0. The summed E-state index contributed by atoms with van der Waals surface area (Å²) >= 11 is 0. The fourth-order valence-electron chi connectivity index (χ4n) is 2.76. The predicted molar refractivity (Wildman–Crippen MR) is 157 cm³/mol. The van der Waals surface area contributed by atoms with Crippen LogP contribution in [0.4, 0.5) is 0 Å². The second kappa shape index (κ2) is 14.6. The number of aryl methyl sites for hydroxylation is 1. The van der Waals surface area contributed by atoms with Gasteiger partial charge in [0.1, 0.15) is 5.69 Å². The standard InChI is InChI=1S/C11H15NO.C10H15N.C9H13N.2CH4/c1-8(13)10-6-5-9(7-12-10)11(2,3)4;1-8-5-6-9(7-11-8)10(2,3)4;1-9(2,3)8-5-4-6-10-7-8;;/h5-7H,1-4H3;5-7H,1-4H3;4-7H,1-3H3;2*1H4. The van der Waals surface area contributed by atoms with Gasteiger partial charge in [-0.15, -0.1) is 0 Å². The van der Waals surface area contributed by atoms with Gasteiger partial charge in [0.2, 0.25) is 0 Å². The van der Waals surface area contributed by atoms with Crippen LogP contribution in [-0.2, 0) is 16.2 Å². The van der Waals surface area contributed by atoms with Crippen LogP contribution in [0.1, 0.15) is 117 Å². The molecule has 36 heavy (non-hydrogen) atoms. The van der Waals surface area contributed by atoms with Gasteiger partial charge in [-0.25, -0.2) is 0 Å². The van der Waals surface area contributed by atoms with Gasteiger partial charge in [-0.1, -0.05) is 95.4 Å². The zero-order valence-electron chi connectivity index (χ0n) is 23.0. The maximum atomic E-state index is 10.9. The van der Waals surface area contributed by atoms with Crippen molar-refractivity contribution >= 4 is 5.78 Å². The smallest absolute Gasteiger partial charge is 0.178 e. The van der Waals surface area contributed by atoms with Gasteiger partial charge in [0.25, 0.3) is 0 Å². The monoisotopic (exact) mass is 493 g/mol. The first-order chi connectivity index (χ1) is 15.5. The van der Waals surface area contributed by atoms with Gasteiger partial charge in [-0.3, -0.25) is 19.7 Å². The highest BCUT2D eigenvalue weighted by molar-refractivity contribution is 5.91. The summed E-state index contributed by atoms with van der Waals surface area (Å²) in [5.74, 6) is 0.0143. The third-order valence-corrected chi connectivity index (χ3v) is 5.30. The molecule has 0 N–H and O–H groups in total. The molecule has 0 amide bonds. The normalized spacial score (nSPS) is 10.9. The SMILES string of the molecule is C.C.CC(=O)c1ccc(C(C)(C)C)cn1.CC(C)(C)c1cccnc1.Cc1ccc(C(C)(C)C)cn1. The fraction of sp³-hybridized carbons (Fsp3) is 0.500. The lowest BCUT2D eigenvalue weighted by atomic mass is 9.88. The lowest BCUT2D eigenvalue weighted by Gasteiger charge is -2.18. The molecule has 0 spiro atoms. The van der Waals surface area contributed by atoms with E-state index in [0.717, 1.165) is 11.3 Å². The predicted octanol–water partition coefficient (Wildman–Crippen LogP) is 8.92. The summed E-state index contributed by atoms with van der Waals surface area (Å²) in [5.41, 5.74) is 5.90. The fourth-order valence-corrected chi connectivity index (χ4v) is 2.76. The molecule has 0 aliphatic heterocycles. The molecule has 3 rings (SSSR count). The van der Waals surface area contributed by atoms with Crippen LogP contribution in [0.15, 0.2) is 61.2 Å². The molecular weight excluding hydrogens is 442 g/mol. The summed E-state index contributed by atoms with van der Waals surface area (Å²) in [5, 5.41) is 0. The number of hydrogen-bond acceptors (Lipinski definition) is 4. The van der Waals surface area contributed by atoms with E-state index in [-0.39, 0.29) is 36.9 Å². The Hall–Kier alpha value is -2.88. The minimum absolute atomic E-state index is 0. The van der Waals surface area contributed by atoms with Crippen molar-refractivity contribution in [3.63, 3.8) is 0 Å². The third-order valence-electron chi connectivity index (χ3n) is 5.30. The van der Waals surface area contributed by atoms with Gasteiger partial charge in [0, 0.05) is 37.4 Å². The van der Waals surface area contributed by atoms with E-state index in [1.54, 1.807) is 18.5 Å². The van der Waals surface area contributed by atoms with Crippen molar-refractivity contribution in [3.8, 4) is 0 Å². The van der Waals surface area contributed by atoms with E-state index in [1.807, 2.05) is 31.5 Å². The molecule has 0 unspecified atom stereocenters.